The third kappa shape index (κ3) is 5.96. The van der Waals surface area contributed by atoms with Gasteiger partial charge in [0.05, 0.1) is 5.56 Å². The van der Waals surface area contributed by atoms with Crippen LogP contribution in [0.3, 0.4) is 0 Å². The van der Waals surface area contributed by atoms with Gasteiger partial charge in [-0.25, -0.2) is 4.98 Å². The van der Waals surface area contributed by atoms with Crippen LogP contribution in [0.4, 0.5) is 5.82 Å². The Bertz CT molecular complexity index is 381. The first kappa shape index (κ1) is 15.8. The van der Waals surface area contributed by atoms with Gasteiger partial charge in [0, 0.05) is 19.3 Å². The van der Waals surface area contributed by atoms with Crippen LogP contribution in [0.15, 0.2) is 18.3 Å². The minimum absolute atomic E-state index is 0.0532. The molecule has 0 radical (unpaired) electrons. The SMILES string of the molecule is CCCNc1ccc(C(=O)NCC(C)CSC)cn1. The van der Waals surface area contributed by atoms with Crippen LogP contribution in [0.2, 0.25) is 0 Å². The van der Waals surface area contributed by atoms with Gasteiger partial charge in [0.25, 0.3) is 5.91 Å². The van der Waals surface area contributed by atoms with Gasteiger partial charge in [0.15, 0.2) is 0 Å². The van der Waals surface area contributed by atoms with Gasteiger partial charge in [-0.1, -0.05) is 13.8 Å². The first-order valence-corrected chi connectivity index (χ1v) is 8.03. The molecule has 0 aliphatic heterocycles. The molecule has 0 fully saturated rings. The number of hydrogen-bond donors (Lipinski definition) is 2. The molecule has 1 heterocycles. The van der Waals surface area contributed by atoms with E-state index >= 15 is 0 Å². The number of aromatic nitrogens is 1. The molecule has 0 saturated heterocycles. The highest BCUT2D eigenvalue weighted by Gasteiger charge is 2.08. The summed E-state index contributed by atoms with van der Waals surface area (Å²) in [7, 11) is 0. The summed E-state index contributed by atoms with van der Waals surface area (Å²) in [5.74, 6) is 2.30. The van der Waals surface area contributed by atoms with Crippen molar-refractivity contribution in [1.29, 1.82) is 0 Å². The van der Waals surface area contributed by atoms with E-state index in [1.165, 1.54) is 0 Å². The number of carbonyl (C=O) groups is 1. The van der Waals surface area contributed by atoms with Gasteiger partial charge in [-0.2, -0.15) is 11.8 Å². The van der Waals surface area contributed by atoms with Crippen LogP contribution in [0.25, 0.3) is 0 Å². The quantitative estimate of drug-likeness (QED) is 0.769. The summed E-state index contributed by atoms with van der Waals surface area (Å²) < 4.78 is 0. The lowest BCUT2D eigenvalue weighted by atomic mass is 10.2. The monoisotopic (exact) mass is 281 g/mol. The van der Waals surface area contributed by atoms with Crippen LogP contribution in [0.1, 0.15) is 30.6 Å². The Kier molecular flexibility index (Phi) is 7.33. The molecule has 19 heavy (non-hydrogen) atoms. The second-order valence-corrected chi connectivity index (χ2v) is 5.54. The lowest BCUT2D eigenvalue weighted by Crippen LogP contribution is -2.29. The molecular weight excluding hydrogens is 258 g/mol. The molecule has 1 aromatic heterocycles. The topological polar surface area (TPSA) is 54.0 Å². The fraction of sp³-hybridized carbons (Fsp3) is 0.571. The predicted molar refractivity (Wildman–Crippen MR) is 82.9 cm³/mol. The van der Waals surface area contributed by atoms with Crippen molar-refractivity contribution in [2.24, 2.45) is 5.92 Å². The van der Waals surface area contributed by atoms with E-state index in [4.69, 9.17) is 0 Å². The molecule has 0 aromatic carbocycles. The van der Waals surface area contributed by atoms with Gasteiger partial charge in [-0.05, 0) is 36.5 Å². The minimum atomic E-state index is -0.0532. The number of rotatable bonds is 8. The summed E-state index contributed by atoms with van der Waals surface area (Å²) in [5.41, 5.74) is 0.610. The smallest absolute Gasteiger partial charge is 0.252 e. The molecule has 0 aliphatic carbocycles. The summed E-state index contributed by atoms with van der Waals surface area (Å²) in [6.07, 6.45) is 4.74. The largest absolute Gasteiger partial charge is 0.370 e. The molecule has 2 N–H and O–H groups in total. The summed E-state index contributed by atoms with van der Waals surface area (Å²) in [4.78, 5) is 16.1. The van der Waals surface area contributed by atoms with Crippen molar-refractivity contribution >= 4 is 23.5 Å². The molecule has 1 rings (SSSR count). The lowest BCUT2D eigenvalue weighted by molar-refractivity contribution is 0.0949. The summed E-state index contributed by atoms with van der Waals surface area (Å²) in [5, 5.41) is 6.12. The maximum atomic E-state index is 11.9. The zero-order chi connectivity index (χ0) is 14.1. The molecular formula is C14H23N3OS. The number of nitrogens with one attached hydrogen (secondary N) is 2. The van der Waals surface area contributed by atoms with Crippen LogP contribution in [0.5, 0.6) is 0 Å². The van der Waals surface area contributed by atoms with Crippen molar-refractivity contribution in [2.45, 2.75) is 20.3 Å². The van der Waals surface area contributed by atoms with E-state index in [-0.39, 0.29) is 5.91 Å². The molecule has 1 atom stereocenters. The third-order valence-corrected chi connectivity index (χ3v) is 3.55. The number of thioether (sulfide) groups is 1. The summed E-state index contributed by atoms with van der Waals surface area (Å²) in [6.45, 7) is 5.83. The number of amides is 1. The highest BCUT2D eigenvalue weighted by molar-refractivity contribution is 7.98. The number of pyridine rings is 1. The fourth-order valence-corrected chi connectivity index (χ4v) is 2.29. The van der Waals surface area contributed by atoms with Crippen molar-refractivity contribution in [3.63, 3.8) is 0 Å². The Balaban J connectivity index is 2.44. The Labute approximate surface area is 119 Å². The van der Waals surface area contributed by atoms with E-state index in [1.807, 2.05) is 6.07 Å². The molecule has 0 aliphatic rings. The highest BCUT2D eigenvalue weighted by Crippen LogP contribution is 2.06. The van der Waals surface area contributed by atoms with Gasteiger partial charge in [-0.15, -0.1) is 0 Å². The first-order valence-electron chi connectivity index (χ1n) is 6.64. The average Bonchev–Trinajstić information content (AvgIpc) is 2.43. The van der Waals surface area contributed by atoms with Crippen molar-refractivity contribution in [3.8, 4) is 0 Å². The van der Waals surface area contributed by atoms with Crippen LogP contribution < -0.4 is 10.6 Å². The third-order valence-electron chi connectivity index (χ3n) is 2.64. The number of carbonyl (C=O) groups excluding carboxylic acids is 1. The second-order valence-electron chi connectivity index (χ2n) is 4.63. The number of nitrogens with zero attached hydrogens (tertiary/aromatic N) is 1. The molecule has 1 amide bonds. The van der Waals surface area contributed by atoms with E-state index < -0.39 is 0 Å². The average molecular weight is 281 g/mol. The van der Waals surface area contributed by atoms with Crippen molar-refractivity contribution in [2.75, 3.05) is 30.4 Å². The van der Waals surface area contributed by atoms with Gasteiger partial charge in [0.1, 0.15) is 5.82 Å². The minimum Gasteiger partial charge on any atom is -0.370 e. The highest BCUT2D eigenvalue weighted by atomic mass is 32.2. The Morgan fingerprint density at radius 1 is 1.47 bits per heavy atom. The lowest BCUT2D eigenvalue weighted by Gasteiger charge is -2.11. The summed E-state index contributed by atoms with van der Waals surface area (Å²) in [6, 6.07) is 3.65. The molecule has 0 bridgehead atoms. The van der Waals surface area contributed by atoms with Gasteiger partial charge in [-0.3, -0.25) is 4.79 Å². The van der Waals surface area contributed by atoms with E-state index in [1.54, 1.807) is 24.0 Å². The standard InChI is InChI=1S/C14H23N3OS/c1-4-7-15-13-6-5-12(9-16-13)14(18)17-8-11(2)10-19-3/h5-6,9,11H,4,7-8,10H2,1-3H3,(H,15,16)(H,17,18). The zero-order valence-corrected chi connectivity index (χ0v) is 12.7. The number of anilines is 1. The van der Waals surface area contributed by atoms with Crippen LogP contribution in [0, 0.1) is 5.92 Å². The van der Waals surface area contributed by atoms with Gasteiger partial charge >= 0.3 is 0 Å². The molecule has 1 unspecified atom stereocenters. The number of hydrogen-bond acceptors (Lipinski definition) is 4. The Morgan fingerprint density at radius 2 is 2.26 bits per heavy atom. The second kappa shape index (κ2) is 8.80. The van der Waals surface area contributed by atoms with Crippen LogP contribution in [-0.2, 0) is 0 Å². The Hall–Kier alpha value is -1.23. The first-order chi connectivity index (χ1) is 9.17. The van der Waals surface area contributed by atoms with E-state index in [2.05, 4.69) is 35.7 Å². The molecule has 0 saturated carbocycles. The van der Waals surface area contributed by atoms with Gasteiger partial charge < -0.3 is 10.6 Å². The van der Waals surface area contributed by atoms with E-state index in [0.717, 1.165) is 24.5 Å². The van der Waals surface area contributed by atoms with Crippen LogP contribution in [-0.4, -0.2) is 36.0 Å². The molecule has 0 spiro atoms. The normalized spacial score (nSPS) is 11.9. The maximum absolute atomic E-state index is 11.9. The molecule has 5 heteroatoms. The predicted octanol–water partition coefficient (Wildman–Crippen LogP) is 2.63. The van der Waals surface area contributed by atoms with Crippen LogP contribution >= 0.6 is 11.8 Å². The Morgan fingerprint density at radius 3 is 2.84 bits per heavy atom. The van der Waals surface area contributed by atoms with E-state index in [9.17, 15) is 4.79 Å². The molecule has 106 valence electrons. The zero-order valence-electron chi connectivity index (χ0n) is 11.9. The maximum Gasteiger partial charge on any atom is 0.252 e. The molecule has 4 nitrogen and oxygen atoms in total. The van der Waals surface area contributed by atoms with Gasteiger partial charge in [0.2, 0.25) is 0 Å². The summed E-state index contributed by atoms with van der Waals surface area (Å²) >= 11 is 1.79. The van der Waals surface area contributed by atoms with E-state index in [0.29, 0.717) is 18.0 Å². The van der Waals surface area contributed by atoms with Crippen molar-refractivity contribution in [1.82, 2.24) is 10.3 Å². The van der Waals surface area contributed by atoms with Crippen molar-refractivity contribution < 1.29 is 4.79 Å². The van der Waals surface area contributed by atoms with Crippen molar-refractivity contribution in [3.05, 3.63) is 23.9 Å². The fourth-order valence-electron chi connectivity index (χ4n) is 1.60. The molecule has 1 aromatic rings.